The first-order chi connectivity index (χ1) is 11.3. The number of pyridine rings is 1. The summed E-state index contributed by atoms with van der Waals surface area (Å²) in [7, 11) is 1.93. The number of nitrogen functional groups attached to an aromatic ring is 1. The lowest BCUT2D eigenvalue weighted by atomic mass is 9.95. The summed E-state index contributed by atoms with van der Waals surface area (Å²) in [4.78, 5) is 5.67. The van der Waals surface area contributed by atoms with Crippen LogP contribution in [-0.4, -0.2) is 18.1 Å². The van der Waals surface area contributed by atoms with Crippen LogP contribution >= 0.6 is 11.9 Å². The van der Waals surface area contributed by atoms with Gasteiger partial charge in [0.15, 0.2) is 0 Å². The highest BCUT2D eigenvalue weighted by Gasteiger charge is 2.16. The summed E-state index contributed by atoms with van der Waals surface area (Å²) in [5, 5.41) is 3.73. The zero-order valence-electron chi connectivity index (χ0n) is 13.5. The SMILES string of the molecule is CNSc1ccc(NC2CCCCC2)c(-c2cccc(N)n2)c1. The molecule has 1 aliphatic rings. The molecule has 1 fully saturated rings. The maximum atomic E-state index is 5.88. The van der Waals surface area contributed by atoms with E-state index in [1.165, 1.54) is 37.0 Å². The lowest BCUT2D eigenvalue weighted by Crippen LogP contribution is -2.22. The average molecular weight is 328 g/mol. The van der Waals surface area contributed by atoms with Crippen LogP contribution < -0.4 is 15.8 Å². The number of rotatable bonds is 5. The maximum absolute atomic E-state index is 5.88. The van der Waals surface area contributed by atoms with E-state index in [4.69, 9.17) is 5.73 Å². The van der Waals surface area contributed by atoms with E-state index in [0.717, 1.165) is 16.9 Å². The van der Waals surface area contributed by atoms with Crippen molar-refractivity contribution in [1.82, 2.24) is 9.71 Å². The third-order valence-electron chi connectivity index (χ3n) is 4.22. The Morgan fingerprint density at radius 2 is 1.96 bits per heavy atom. The maximum Gasteiger partial charge on any atom is 0.124 e. The zero-order valence-corrected chi connectivity index (χ0v) is 14.3. The molecule has 0 unspecified atom stereocenters. The summed E-state index contributed by atoms with van der Waals surface area (Å²) in [5.41, 5.74) is 9.06. The topological polar surface area (TPSA) is 63.0 Å². The molecule has 2 aromatic rings. The molecular weight excluding hydrogens is 304 g/mol. The highest BCUT2D eigenvalue weighted by Crippen LogP contribution is 2.33. The number of benzene rings is 1. The van der Waals surface area contributed by atoms with Crippen molar-refractivity contribution < 1.29 is 0 Å². The van der Waals surface area contributed by atoms with Gasteiger partial charge in [0.2, 0.25) is 0 Å². The number of nitrogens with one attached hydrogen (secondary N) is 2. The van der Waals surface area contributed by atoms with Crippen LogP contribution in [0.5, 0.6) is 0 Å². The van der Waals surface area contributed by atoms with E-state index < -0.39 is 0 Å². The second-order valence-electron chi connectivity index (χ2n) is 5.94. The number of anilines is 2. The molecule has 0 atom stereocenters. The Bertz CT molecular complexity index is 653. The van der Waals surface area contributed by atoms with Gasteiger partial charge in [0.25, 0.3) is 0 Å². The number of hydrogen-bond donors (Lipinski definition) is 3. The van der Waals surface area contributed by atoms with Crippen LogP contribution in [0.4, 0.5) is 11.5 Å². The predicted molar refractivity (Wildman–Crippen MR) is 99.5 cm³/mol. The number of aromatic nitrogens is 1. The third kappa shape index (κ3) is 4.18. The molecule has 0 bridgehead atoms. The Hall–Kier alpha value is -1.72. The molecule has 122 valence electrons. The average Bonchev–Trinajstić information content (AvgIpc) is 2.57. The summed E-state index contributed by atoms with van der Waals surface area (Å²) < 4.78 is 3.13. The highest BCUT2D eigenvalue weighted by atomic mass is 32.2. The van der Waals surface area contributed by atoms with E-state index in [-0.39, 0.29) is 0 Å². The molecule has 0 saturated heterocycles. The molecule has 4 nitrogen and oxygen atoms in total. The quantitative estimate of drug-likeness (QED) is 0.714. The number of hydrogen-bond acceptors (Lipinski definition) is 5. The summed E-state index contributed by atoms with van der Waals surface area (Å²) in [6.45, 7) is 0. The summed E-state index contributed by atoms with van der Waals surface area (Å²) in [6.07, 6.45) is 6.49. The second-order valence-corrected chi connectivity index (χ2v) is 7.02. The Labute approximate surface area is 142 Å². The summed E-state index contributed by atoms with van der Waals surface area (Å²) in [6, 6.07) is 12.8. The van der Waals surface area contributed by atoms with Crippen LogP contribution in [0.25, 0.3) is 11.3 Å². The van der Waals surface area contributed by atoms with Gasteiger partial charge in [-0.2, -0.15) is 0 Å². The molecule has 1 heterocycles. The van der Waals surface area contributed by atoms with Gasteiger partial charge in [0.05, 0.1) is 5.69 Å². The van der Waals surface area contributed by atoms with Crippen molar-refractivity contribution >= 4 is 23.5 Å². The van der Waals surface area contributed by atoms with Crippen molar-refractivity contribution in [3.05, 3.63) is 36.4 Å². The van der Waals surface area contributed by atoms with E-state index >= 15 is 0 Å². The lowest BCUT2D eigenvalue weighted by Gasteiger charge is -2.25. The van der Waals surface area contributed by atoms with E-state index in [9.17, 15) is 0 Å². The zero-order chi connectivity index (χ0) is 16.1. The Kier molecular flexibility index (Phi) is 5.41. The molecule has 0 amide bonds. The summed E-state index contributed by atoms with van der Waals surface area (Å²) in [5.74, 6) is 0.554. The standard InChI is InChI=1S/C18H24N4S/c1-20-23-14-10-11-17(21-13-6-3-2-4-7-13)15(12-14)16-8-5-9-18(19)22-16/h5,8-13,20-21H,2-4,6-7H2,1H3,(H2,19,22). The van der Waals surface area contributed by atoms with Crippen molar-refractivity contribution in [3.8, 4) is 11.3 Å². The first-order valence-corrected chi connectivity index (χ1v) is 9.05. The predicted octanol–water partition coefficient (Wildman–Crippen LogP) is 4.30. The van der Waals surface area contributed by atoms with E-state index in [1.807, 2.05) is 25.2 Å². The first-order valence-electron chi connectivity index (χ1n) is 8.23. The molecule has 1 saturated carbocycles. The minimum Gasteiger partial charge on any atom is -0.384 e. The van der Waals surface area contributed by atoms with Crippen LogP contribution in [0.1, 0.15) is 32.1 Å². The number of nitrogens with zero attached hydrogens (tertiary/aromatic N) is 1. The van der Waals surface area contributed by atoms with Gasteiger partial charge in [-0.3, -0.25) is 4.72 Å². The Morgan fingerprint density at radius 3 is 2.70 bits per heavy atom. The molecule has 4 N–H and O–H groups in total. The fraction of sp³-hybridized carbons (Fsp3) is 0.389. The normalized spacial score (nSPS) is 15.5. The molecule has 1 aromatic carbocycles. The van der Waals surface area contributed by atoms with Gasteiger partial charge in [-0.15, -0.1) is 0 Å². The van der Waals surface area contributed by atoms with Gasteiger partial charge < -0.3 is 11.1 Å². The molecule has 0 spiro atoms. The molecule has 1 aliphatic carbocycles. The lowest BCUT2D eigenvalue weighted by molar-refractivity contribution is 0.463. The Morgan fingerprint density at radius 1 is 1.13 bits per heavy atom. The van der Waals surface area contributed by atoms with Gasteiger partial charge in [-0.1, -0.05) is 25.3 Å². The Balaban J connectivity index is 1.93. The molecule has 0 aliphatic heterocycles. The van der Waals surface area contributed by atoms with Gasteiger partial charge >= 0.3 is 0 Å². The smallest absolute Gasteiger partial charge is 0.124 e. The molecular formula is C18H24N4S. The molecule has 23 heavy (non-hydrogen) atoms. The monoisotopic (exact) mass is 328 g/mol. The molecule has 3 rings (SSSR count). The van der Waals surface area contributed by atoms with E-state index in [1.54, 1.807) is 11.9 Å². The van der Waals surface area contributed by atoms with Crippen LogP contribution in [0.15, 0.2) is 41.3 Å². The van der Waals surface area contributed by atoms with Crippen molar-refractivity contribution in [3.63, 3.8) is 0 Å². The molecule has 0 radical (unpaired) electrons. The first kappa shape index (κ1) is 16.1. The van der Waals surface area contributed by atoms with Crippen molar-refractivity contribution in [2.24, 2.45) is 0 Å². The fourth-order valence-corrected chi connectivity index (χ4v) is 3.66. The van der Waals surface area contributed by atoms with Crippen LogP contribution in [0.2, 0.25) is 0 Å². The van der Waals surface area contributed by atoms with Crippen LogP contribution in [0, 0.1) is 0 Å². The highest BCUT2D eigenvalue weighted by molar-refractivity contribution is 7.97. The van der Waals surface area contributed by atoms with Gasteiger partial charge in [0, 0.05) is 22.2 Å². The number of nitrogens with two attached hydrogens (primary N) is 1. The van der Waals surface area contributed by atoms with Crippen LogP contribution in [-0.2, 0) is 0 Å². The van der Waals surface area contributed by atoms with E-state index in [0.29, 0.717) is 11.9 Å². The van der Waals surface area contributed by atoms with E-state index in [2.05, 4.69) is 33.2 Å². The van der Waals surface area contributed by atoms with Gasteiger partial charge in [0.1, 0.15) is 5.82 Å². The van der Waals surface area contributed by atoms with Crippen molar-refractivity contribution in [2.45, 2.75) is 43.0 Å². The minimum atomic E-state index is 0.554. The van der Waals surface area contributed by atoms with Gasteiger partial charge in [-0.25, -0.2) is 4.98 Å². The third-order valence-corrected chi connectivity index (χ3v) is 4.92. The van der Waals surface area contributed by atoms with Crippen molar-refractivity contribution in [1.29, 1.82) is 0 Å². The molecule has 5 heteroatoms. The minimum absolute atomic E-state index is 0.554. The molecule has 1 aromatic heterocycles. The summed E-state index contributed by atoms with van der Waals surface area (Å²) >= 11 is 1.61. The second kappa shape index (κ2) is 7.70. The fourth-order valence-electron chi connectivity index (χ4n) is 3.11. The largest absolute Gasteiger partial charge is 0.384 e. The van der Waals surface area contributed by atoms with Gasteiger partial charge in [-0.05, 0) is 62.2 Å². The van der Waals surface area contributed by atoms with Crippen LogP contribution in [0.3, 0.4) is 0 Å². The van der Waals surface area contributed by atoms with Crippen molar-refractivity contribution in [2.75, 3.05) is 18.1 Å².